The number of aryl methyl sites for hydroxylation is 1. The molecule has 0 saturated carbocycles. The quantitative estimate of drug-likeness (QED) is 0.703. The van der Waals surface area contributed by atoms with E-state index in [0.717, 1.165) is 32.4 Å². The van der Waals surface area contributed by atoms with Crippen molar-refractivity contribution < 1.29 is 13.2 Å². The van der Waals surface area contributed by atoms with Crippen LogP contribution in [0.3, 0.4) is 0 Å². The maximum absolute atomic E-state index is 13.2. The number of hydrogen-bond donors (Lipinski definition) is 0. The van der Waals surface area contributed by atoms with Crippen LogP contribution in [0.1, 0.15) is 47.7 Å². The Morgan fingerprint density at radius 3 is 2.38 bits per heavy atom. The van der Waals surface area contributed by atoms with Gasteiger partial charge in [-0.2, -0.15) is 4.31 Å². The van der Waals surface area contributed by atoms with Gasteiger partial charge in [0.1, 0.15) is 0 Å². The molecule has 1 atom stereocenters. The normalized spacial score (nSPS) is 20.4. The van der Waals surface area contributed by atoms with Crippen LogP contribution in [0.5, 0.6) is 0 Å². The minimum Gasteiger partial charge on any atom is -0.368 e. The van der Waals surface area contributed by atoms with Crippen LogP contribution in [0.15, 0.2) is 47.4 Å². The zero-order valence-corrected chi connectivity index (χ0v) is 20.1. The molecule has 2 aromatic rings. The van der Waals surface area contributed by atoms with E-state index < -0.39 is 10.0 Å². The Bertz CT molecular complexity index is 1090. The molecular formula is C25H33N3O3S. The van der Waals surface area contributed by atoms with Gasteiger partial charge in [-0.3, -0.25) is 4.79 Å². The summed E-state index contributed by atoms with van der Waals surface area (Å²) in [5.41, 5.74) is 4.20. The molecular weight excluding hydrogens is 422 g/mol. The molecule has 0 aliphatic carbocycles. The van der Waals surface area contributed by atoms with Gasteiger partial charge in [0.2, 0.25) is 10.0 Å². The summed E-state index contributed by atoms with van der Waals surface area (Å²) in [7, 11) is -3.60. The van der Waals surface area contributed by atoms with Crippen molar-refractivity contribution in [3.8, 4) is 0 Å². The third-order valence-corrected chi connectivity index (χ3v) is 8.92. The SMILES string of the molecule is Cc1cccc(N2CCN(C(=O)c3cccc(S(=O)(=O)N4CCCCC4C)c3)CC2)c1C. The van der Waals surface area contributed by atoms with E-state index in [1.54, 1.807) is 28.6 Å². The van der Waals surface area contributed by atoms with Gasteiger partial charge >= 0.3 is 0 Å². The number of hydrogen-bond acceptors (Lipinski definition) is 4. The number of benzene rings is 2. The average Bonchev–Trinajstić information content (AvgIpc) is 2.81. The molecule has 2 aliphatic heterocycles. The van der Waals surface area contributed by atoms with E-state index in [2.05, 4.69) is 36.9 Å². The predicted octanol–water partition coefficient (Wildman–Crippen LogP) is 3.83. The second kappa shape index (κ2) is 9.24. The van der Waals surface area contributed by atoms with Crippen molar-refractivity contribution in [2.45, 2.75) is 51.0 Å². The molecule has 0 aromatic heterocycles. The summed E-state index contributed by atoms with van der Waals surface area (Å²) in [6, 6.07) is 12.9. The van der Waals surface area contributed by atoms with Gasteiger partial charge < -0.3 is 9.80 Å². The van der Waals surface area contributed by atoms with Crippen molar-refractivity contribution in [1.29, 1.82) is 0 Å². The van der Waals surface area contributed by atoms with Crippen LogP contribution in [0.4, 0.5) is 5.69 Å². The highest BCUT2D eigenvalue weighted by molar-refractivity contribution is 7.89. The van der Waals surface area contributed by atoms with Crippen LogP contribution in [-0.4, -0.2) is 62.3 Å². The van der Waals surface area contributed by atoms with E-state index in [1.165, 1.54) is 16.8 Å². The molecule has 2 fully saturated rings. The zero-order valence-electron chi connectivity index (χ0n) is 19.3. The summed E-state index contributed by atoms with van der Waals surface area (Å²) in [6.07, 6.45) is 2.81. The Balaban J connectivity index is 1.47. The number of piperazine rings is 1. The first kappa shape index (κ1) is 22.8. The fourth-order valence-corrected chi connectivity index (χ4v) is 6.51. The van der Waals surface area contributed by atoms with Gasteiger partial charge in [-0.25, -0.2) is 8.42 Å². The van der Waals surface area contributed by atoms with Gasteiger partial charge in [-0.05, 0) is 69.0 Å². The molecule has 2 aliphatic rings. The van der Waals surface area contributed by atoms with Crippen LogP contribution in [0.25, 0.3) is 0 Å². The molecule has 32 heavy (non-hydrogen) atoms. The molecule has 2 aromatic carbocycles. The van der Waals surface area contributed by atoms with Crippen molar-refractivity contribution in [3.63, 3.8) is 0 Å². The van der Waals surface area contributed by atoms with Gasteiger partial charge in [-0.15, -0.1) is 0 Å². The first-order valence-electron chi connectivity index (χ1n) is 11.5. The fraction of sp³-hybridized carbons (Fsp3) is 0.480. The fourth-order valence-electron chi connectivity index (χ4n) is 4.77. The summed E-state index contributed by atoms with van der Waals surface area (Å²) in [5, 5.41) is 0. The van der Waals surface area contributed by atoms with Crippen molar-refractivity contribution in [3.05, 3.63) is 59.2 Å². The van der Waals surface area contributed by atoms with Crippen LogP contribution in [0.2, 0.25) is 0 Å². The van der Waals surface area contributed by atoms with Crippen molar-refractivity contribution in [1.82, 2.24) is 9.21 Å². The number of anilines is 1. The Hall–Kier alpha value is -2.38. The van der Waals surface area contributed by atoms with E-state index in [-0.39, 0.29) is 16.8 Å². The van der Waals surface area contributed by atoms with Crippen molar-refractivity contribution >= 4 is 21.6 Å². The summed E-state index contributed by atoms with van der Waals surface area (Å²) in [4.78, 5) is 17.6. The average molecular weight is 456 g/mol. The Labute approximate surface area is 191 Å². The molecule has 0 radical (unpaired) electrons. The molecule has 0 bridgehead atoms. The molecule has 1 amide bonds. The topological polar surface area (TPSA) is 60.9 Å². The molecule has 2 saturated heterocycles. The van der Waals surface area contributed by atoms with E-state index in [9.17, 15) is 13.2 Å². The lowest BCUT2D eigenvalue weighted by Gasteiger charge is -2.37. The molecule has 6 nitrogen and oxygen atoms in total. The number of nitrogens with zero attached hydrogens (tertiary/aromatic N) is 3. The van der Waals surface area contributed by atoms with Gasteiger partial charge in [-0.1, -0.05) is 24.6 Å². The van der Waals surface area contributed by atoms with Gasteiger partial charge in [0.15, 0.2) is 0 Å². The van der Waals surface area contributed by atoms with Crippen LogP contribution >= 0.6 is 0 Å². The van der Waals surface area contributed by atoms with Crippen molar-refractivity contribution in [2.75, 3.05) is 37.6 Å². The second-order valence-corrected chi connectivity index (χ2v) is 10.9. The van der Waals surface area contributed by atoms with Crippen LogP contribution in [0, 0.1) is 13.8 Å². The standard InChI is InChI=1S/C25H33N3O3S/c1-19-8-6-12-24(21(19)3)26-14-16-27(17-15-26)25(29)22-10-7-11-23(18-22)32(30,31)28-13-5-4-9-20(28)2/h6-8,10-12,18,20H,4-5,9,13-17H2,1-3H3. The molecule has 172 valence electrons. The molecule has 7 heteroatoms. The van der Waals surface area contributed by atoms with E-state index in [4.69, 9.17) is 0 Å². The number of carbonyl (C=O) groups is 1. The highest BCUT2D eigenvalue weighted by atomic mass is 32.2. The number of piperidine rings is 1. The summed E-state index contributed by atoms with van der Waals surface area (Å²) >= 11 is 0. The summed E-state index contributed by atoms with van der Waals surface area (Å²) in [5.74, 6) is -0.102. The van der Waals surface area contributed by atoms with Gasteiger partial charge in [0.25, 0.3) is 5.91 Å². The maximum atomic E-state index is 13.2. The Kier molecular flexibility index (Phi) is 6.58. The predicted molar refractivity (Wildman–Crippen MR) is 128 cm³/mol. The zero-order chi connectivity index (χ0) is 22.9. The first-order valence-corrected chi connectivity index (χ1v) is 13.0. The maximum Gasteiger partial charge on any atom is 0.254 e. The summed E-state index contributed by atoms with van der Waals surface area (Å²) in [6.45, 7) is 9.52. The molecule has 0 N–H and O–H groups in total. The highest BCUT2D eigenvalue weighted by Crippen LogP contribution is 2.27. The number of rotatable bonds is 4. The number of sulfonamides is 1. The monoisotopic (exact) mass is 455 g/mol. The Morgan fingerprint density at radius 1 is 0.938 bits per heavy atom. The lowest BCUT2D eigenvalue weighted by Crippen LogP contribution is -2.49. The largest absolute Gasteiger partial charge is 0.368 e. The third-order valence-electron chi connectivity index (χ3n) is 6.91. The minimum atomic E-state index is -3.60. The van der Waals surface area contributed by atoms with E-state index in [1.807, 2.05) is 11.8 Å². The second-order valence-electron chi connectivity index (χ2n) is 8.99. The molecule has 1 unspecified atom stereocenters. The number of carbonyl (C=O) groups excluding carboxylic acids is 1. The lowest BCUT2D eigenvalue weighted by atomic mass is 10.1. The van der Waals surface area contributed by atoms with E-state index in [0.29, 0.717) is 25.2 Å². The number of amides is 1. The first-order chi connectivity index (χ1) is 15.3. The minimum absolute atomic E-state index is 0.00809. The lowest BCUT2D eigenvalue weighted by molar-refractivity contribution is 0.0746. The molecule has 2 heterocycles. The highest BCUT2D eigenvalue weighted by Gasteiger charge is 2.32. The van der Waals surface area contributed by atoms with Gasteiger partial charge in [0, 0.05) is 50.0 Å². The van der Waals surface area contributed by atoms with Crippen molar-refractivity contribution in [2.24, 2.45) is 0 Å². The van der Waals surface area contributed by atoms with Crippen LogP contribution < -0.4 is 4.90 Å². The smallest absolute Gasteiger partial charge is 0.254 e. The van der Waals surface area contributed by atoms with Crippen LogP contribution in [-0.2, 0) is 10.0 Å². The third kappa shape index (κ3) is 4.41. The molecule has 0 spiro atoms. The Morgan fingerprint density at radius 2 is 1.66 bits per heavy atom. The molecule has 4 rings (SSSR count). The van der Waals surface area contributed by atoms with E-state index >= 15 is 0 Å². The van der Waals surface area contributed by atoms with Gasteiger partial charge in [0.05, 0.1) is 4.90 Å². The summed E-state index contributed by atoms with van der Waals surface area (Å²) < 4.78 is 28.0.